The molecule has 1 N–H and O–H groups in total. The van der Waals surface area contributed by atoms with Gasteiger partial charge in [-0.2, -0.15) is 0 Å². The Balaban J connectivity index is 1.46. The van der Waals surface area contributed by atoms with Crippen molar-refractivity contribution in [3.63, 3.8) is 0 Å². The van der Waals surface area contributed by atoms with Crippen molar-refractivity contribution in [2.45, 2.75) is 31.8 Å². The summed E-state index contributed by atoms with van der Waals surface area (Å²) in [6.45, 7) is 3.73. The molecule has 1 aliphatic heterocycles. The minimum Gasteiger partial charge on any atom is -0.496 e. The third-order valence-electron chi connectivity index (χ3n) is 6.20. The molecule has 1 aliphatic rings. The second-order valence-corrected chi connectivity index (χ2v) is 9.06. The summed E-state index contributed by atoms with van der Waals surface area (Å²) in [4.78, 5) is 14.2. The second-order valence-electron chi connectivity index (χ2n) is 9.06. The summed E-state index contributed by atoms with van der Waals surface area (Å²) < 4.78 is 5.51. The first-order valence-corrected chi connectivity index (χ1v) is 11.7. The number of aromatic nitrogens is 2. The van der Waals surface area contributed by atoms with Crippen molar-refractivity contribution in [2.24, 2.45) is 0 Å². The van der Waals surface area contributed by atoms with Crippen LogP contribution in [0.25, 0.3) is 11.1 Å². The van der Waals surface area contributed by atoms with E-state index in [2.05, 4.69) is 58.6 Å². The average molecular weight is 446 g/mol. The van der Waals surface area contributed by atoms with Crippen molar-refractivity contribution < 1.29 is 4.74 Å². The fraction of sp³-hybridized carbons (Fsp3) is 0.407. The van der Waals surface area contributed by atoms with Crippen molar-refractivity contribution in [1.29, 1.82) is 0 Å². The average Bonchev–Trinajstić information content (AvgIpc) is 2.84. The smallest absolute Gasteiger partial charge is 0.134 e. The zero-order valence-electron chi connectivity index (χ0n) is 20.2. The van der Waals surface area contributed by atoms with Crippen LogP contribution in [0.15, 0.2) is 54.6 Å². The predicted molar refractivity (Wildman–Crippen MR) is 135 cm³/mol. The van der Waals surface area contributed by atoms with Gasteiger partial charge in [-0.25, -0.2) is 9.97 Å². The standard InChI is InChI=1S/C27H35N5O/c1-31(2)26-17-23(29-27(30-26)22-13-15-28-16-14-22)19-32(3)18-20-9-11-21(12-10-20)24-7-5-6-8-25(24)33-4/h5-12,17,22,28H,13-16,18-19H2,1-4H3. The van der Waals surface area contributed by atoms with Crippen LogP contribution in [0.5, 0.6) is 5.75 Å². The van der Waals surface area contributed by atoms with Crippen LogP contribution < -0.4 is 15.0 Å². The summed E-state index contributed by atoms with van der Waals surface area (Å²) in [5.74, 6) is 3.32. The van der Waals surface area contributed by atoms with Crippen LogP contribution in [0, 0.1) is 0 Å². The predicted octanol–water partition coefficient (Wildman–Crippen LogP) is 4.32. The highest BCUT2D eigenvalue weighted by Gasteiger charge is 2.20. The summed E-state index contributed by atoms with van der Waals surface area (Å²) in [5, 5.41) is 3.44. The monoisotopic (exact) mass is 445 g/mol. The van der Waals surface area contributed by atoms with Crippen molar-refractivity contribution >= 4 is 5.82 Å². The lowest BCUT2D eigenvalue weighted by Crippen LogP contribution is -2.28. The van der Waals surface area contributed by atoms with Gasteiger partial charge in [0.15, 0.2) is 0 Å². The van der Waals surface area contributed by atoms with Crippen LogP contribution in [0.3, 0.4) is 0 Å². The fourth-order valence-electron chi connectivity index (χ4n) is 4.39. The number of nitrogens with one attached hydrogen (secondary N) is 1. The fourth-order valence-corrected chi connectivity index (χ4v) is 4.39. The minimum atomic E-state index is 0.442. The molecule has 174 valence electrons. The summed E-state index contributed by atoms with van der Waals surface area (Å²) >= 11 is 0. The van der Waals surface area contributed by atoms with Gasteiger partial charge in [0.1, 0.15) is 17.4 Å². The second kappa shape index (κ2) is 10.8. The van der Waals surface area contributed by atoms with E-state index in [9.17, 15) is 0 Å². The quantitative estimate of drug-likeness (QED) is 0.557. The number of piperidine rings is 1. The molecule has 0 saturated carbocycles. The summed E-state index contributed by atoms with van der Waals surface area (Å²) in [5.41, 5.74) is 4.63. The molecule has 0 amide bonds. The molecule has 4 rings (SSSR count). The van der Waals surface area contributed by atoms with Gasteiger partial charge in [0.25, 0.3) is 0 Å². The first kappa shape index (κ1) is 23.2. The molecule has 1 fully saturated rings. The number of hydrogen-bond donors (Lipinski definition) is 1. The van der Waals surface area contributed by atoms with Gasteiger partial charge < -0.3 is 15.0 Å². The van der Waals surface area contributed by atoms with Gasteiger partial charge in [-0.1, -0.05) is 42.5 Å². The zero-order valence-corrected chi connectivity index (χ0v) is 20.2. The van der Waals surface area contributed by atoms with Crippen LogP contribution in [0.2, 0.25) is 0 Å². The highest BCUT2D eigenvalue weighted by Crippen LogP contribution is 2.30. The van der Waals surface area contributed by atoms with Gasteiger partial charge >= 0.3 is 0 Å². The Hall–Kier alpha value is -2.96. The molecular formula is C27H35N5O. The van der Waals surface area contributed by atoms with Crippen LogP contribution in [0.1, 0.15) is 35.8 Å². The van der Waals surface area contributed by atoms with Gasteiger partial charge in [0.05, 0.1) is 12.8 Å². The van der Waals surface area contributed by atoms with E-state index >= 15 is 0 Å². The molecule has 0 bridgehead atoms. The van der Waals surface area contributed by atoms with E-state index in [0.717, 1.165) is 73.2 Å². The first-order valence-electron chi connectivity index (χ1n) is 11.7. The largest absolute Gasteiger partial charge is 0.496 e. The van der Waals surface area contributed by atoms with Crippen molar-refractivity contribution in [2.75, 3.05) is 46.2 Å². The van der Waals surface area contributed by atoms with Gasteiger partial charge in [0, 0.05) is 44.7 Å². The Morgan fingerprint density at radius 3 is 2.36 bits per heavy atom. The van der Waals surface area contributed by atoms with E-state index in [0.29, 0.717) is 5.92 Å². The van der Waals surface area contributed by atoms with E-state index in [-0.39, 0.29) is 0 Å². The first-order chi connectivity index (χ1) is 16.0. The molecule has 0 radical (unpaired) electrons. The van der Waals surface area contributed by atoms with Gasteiger partial charge in [-0.3, -0.25) is 4.90 Å². The van der Waals surface area contributed by atoms with Crippen molar-refractivity contribution in [3.8, 4) is 16.9 Å². The van der Waals surface area contributed by atoms with Crippen molar-refractivity contribution in [1.82, 2.24) is 20.2 Å². The molecule has 2 heterocycles. The summed E-state index contributed by atoms with van der Waals surface area (Å²) in [7, 11) is 7.96. The van der Waals surface area contributed by atoms with Gasteiger partial charge in [-0.05, 0) is 50.2 Å². The summed E-state index contributed by atoms with van der Waals surface area (Å²) in [6.07, 6.45) is 2.20. The van der Waals surface area contributed by atoms with Gasteiger partial charge in [-0.15, -0.1) is 0 Å². The Bertz CT molecular complexity index is 1040. The van der Waals surface area contributed by atoms with E-state index in [1.165, 1.54) is 5.56 Å². The third kappa shape index (κ3) is 5.89. The Labute approximate surface area is 197 Å². The molecule has 1 aromatic heterocycles. The lowest BCUT2D eigenvalue weighted by molar-refractivity contribution is 0.314. The van der Waals surface area contributed by atoms with E-state index in [1.54, 1.807) is 7.11 Å². The lowest BCUT2D eigenvalue weighted by atomic mass is 9.97. The molecule has 6 heteroatoms. The molecule has 33 heavy (non-hydrogen) atoms. The number of rotatable bonds is 8. The zero-order chi connectivity index (χ0) is 23.2. The van der Waals surface area contributed by atoms with Crippen LogP contribution >= 0.6 is 0 Å². The maximum atomic E-state index is 5.51. The molecular weight excluding hydrogens is 410 g/mol. The Kier molecular flexibility index (Phi) is 7.57. The number of nitrogens with zero attached hydrogens (tertiary/aromatic N) is 4. The highest BCUT2D eigenvalue weighted by molar-refractivity contribution is 5.70. The number of para-hydroxylation sites is 1. The molecule has 0 spiro atoms. The van der Waals surface area contributed by atoms with E-state index in [4.69, 9.17) is 14.7 Å². The molecule has 2 aromatic carbocycles. The Morgan fingerprint density at radius 1 is 0.939 bits per heavy atom. The maximum Gasteiger partial charge on any atom is 0.134 e. The number of hydrogen-bond acceptors (Lipinski definition) is 6. The number of ether oxygens (including phenoxy) is 1. The number of methoxy groups -OCH3 is 1. The van der Waals surface area contributed by atoms with Crippen molar-refractivity contribution in [3.05, 3.63) is 71.7 Å². The van der Waals surface area contributed by atoms with Gasteiger partial charge in [0.2, 0.25) is 0 Å². The molecule has 6 nitrogen and oxygen atoms in total. The molecule has 1 saturated heterocycles. The Morgan fingerprint density at radius 2 is 1.67 bits per heavy atom. The van der Waals surface area contributed by atoms with Crippen LogP contribution in [0.4, 0.5) is 5.82 Å². The lowest BCUT2D eigenvalue weighted by Gasteiger charge is -2.24. The molecule has 0 aliphatic carbocycles. The van der Waals surface area contributed by atoms with E-state index in [1.807, 2.05) is 32.3 Å². The maximum absolute atomic E-state index is 5.51. The highest BCUT2D eigenvalue weighted by atomic mass is 16.5. The molecule has 0 unspecified atom stereocenters. The topological polar surface area (TPSA) is 53.5 Å². The SMILES string of the molecule is COc1ccccc1-c1ccc(CN(C)Cc2cc(N(C)C)nc(C3CCNCC3)n2)cc1. The van der Waals surface area contributed by atoms with Crippen LogP contribution in [-0.2, 0) is 13.1 Å². The molecule has 3 aromatic rings. The van der Waals surface area contributed by atoms with E-state index < -0.39 is 0 Å². The normalized spacial score (nSPS) is 14.5. The van der Waals surface area contributed by atoms with Crippen LogP contribution in [-0.4, -0.2) is 56.2 Å². The minimum absolute atomic E-state index is 0.442. The summed E-state index contributed by atoms with van der Waals surface area (Å²) in [6, 6.07) is 19.0. The number of anilines is 1. The number of benzene rings is 2. The third-order valence-corrected chi connectivity index (χ3v) is 6.20. The molecule has 0 atom stereocenters.